The van der Waals surface area contributed by atoms with E-state index in [-0.39, 0.29) is 35.6 Å². The Morgan fingerprint density at radius 3 is 1.86 bits per heavy atom. The van der Waals surface area contributed by atoms with E-state index in [1.165, 1.54) is 70.0 Å². The molecule has 0 atom stereocenters. The van der Waals surface area contributed by atoms with Crippen LogP contribution in [0, 0.1) is 6.08 Å². The van der Waals surface area contributed by atoms with E-state index in [2.05, 4.69) is 138 Å². The topological polar surface area (TPSA) is 0 Å². The summed E-state index contributed by atoms with van der Waals surface area (Å²) in [7, 11) is 0. The summed E-state index contributed by atoms with van der Waals surface area (Å²) in [5, 5.41) is 0. The predicted octanol–water partition coefficient (Wildman–Crippen LogP) is 4.47. The number of hydrogen-bond acceptors (Lipinski definition) is 0. The van der Waals surface area contributed by atoms with Crippen LogP contribution < -0.4 is 24.8 Å². The Balaban J connectivity index is 0.000000307. The molecule has 6 rings (SSSR count). The number of hydrogen-bond donors (Lipinski definition) is 0. The molecule has 0 saturated carbocycles. The van der Waals surface area contributed by atoms with Gasteiger partial charge in [-0.05, 0) is 58.4 Å². The smallest absolute Gasteiger partial charge is 1.00 e. The van der Waals surface area contributed by atoms with Crippen molar-refractivity contribution in [3.63, 3.8) is 0 Å². The third-order valence-corrected chi connectivity index (χ3v) is 8.52. The number of fused-ring (bicyclic) bond motifs is 5. The zero-order valence-corrected chi connectivity index (χ0v) is 31.8. The van der Waals surface area contributed by atoms with Crippen molar-refractivity contribution in [3.05, 3.63) is 99.1 Å². The van der Waals surface area contributed by atoms with Crippen LogP contribution in [0.15, 0.2) is 48.5 Å². The molecule has 0 aliphatic heterocycles. The maximum absolute atomic E-state index is 3.65. The van der Waals surface area contributed by atoms with E-state index in [1.54, 1.807) is 24.2 Å². The first-order valence-electron chi connectivity index (χ1n) is 14.9. The summed E-state index contributed by atoms with van der Waals surface area (Å²) in [6.07, 6.45) is 8.28. The average Bonchev–Trinajstić information content (AvgIpc) is 3.55. The summed E-state index contributed by atoms with van der Waals surface area (Å²) >= 11 is 1.55. The van der Waals surface area contributed by atoms with Gasteiger partial charge in [0.15, 0.2) is 0 Å². The minimum absolute atomic E-state index is 0. The normalized spacial score (nSPS) is 16.0. The minimum Gasteiger partial charge on any atom is -1.00 e. The van der Waals surface area contributed by atoms with Gasteiger partial charge in [0.25, 0.3) is 0 Å². The molecule has 3 aromatic carbocycles. The van der Waals surface area contributed by atoms with Gasteiger partial charge < -0.3 is 24.8 Å². The van der Waals surface area contributed by atoms with Gasteiger partial charge in [0, 0.05) is 5.41 Å². The van der Waals surface area contributed by atoms with Gasteiger partial charge in [-0.2, -0.15) is 28.8 Å². The molecule has 0 unspecified atom stereocenters. The molecule has 0 saturated heterocycles. The molecular weight excluding hydrogens is 631 g/mol. The van der Waals surface area contributed by atoms with Crippen LogP contribution >= 0.6 is 0 Å². The molecule has 0 radical (unpaired) electrons. The Hall–Kier alpha value is -1.40. The van der Waals surface area contributed by atoms with E-state index < -0.39 is 0 Å². The van der Waals surface area contributed by atoms with Gasteiger partial charge in [0.1, 0.15) is 0 Å². The van der Waals surface area contributed by atoms with Gasteiger partial charge in [-0.3, -0.25) is 6.08 Å². The fraction of sp³-hybridized carbons (Fsp3) is 0.436. The van der Waals surface area contributed by atoms with E-state index >= 15 is 0 Å². The van der Waals surface area contributed by atoms with Gasteiger partial charge in [0.05, 0.1) is 0 Å². The maximum atomic E-state index is 3.65. The summed E-state index contributed by atoms with van der Waals surface area (Å²) < 4.78 is 1.51. The monoisotopic (exact) mass is 676 g/mol. The Labute approximate surface area is 284 Å². The molecule has 0 heterocycles. The second-order valence-corrected chi connectivity index (χ2v) is 16.8. The number of rotatable bonds is 1. The molecule has 0 nitrogen and oxygen atoms in total. The van der Waals surface area contributed by atoms with Crippen molar-refractivity contribution in [2.75, 3.05) is 0 Å². The quantitative estimate of drug-likeness (QED) is 0.261. The molecule has 0 amide bonds. The van der Waals surface area contributed by atoms with Crippen LogP contribution in [-0.4, -0.2) is 3.21 Å². The van der Waals surface area contributed by atoms with E-state index in [4.69, 9.17) is 0 Å². The number of aryl methyl sites for hydroxylation is 1. The van der Waals surface area contributed by atoms with Gasteiger partial charge in [-0.1, -0.05) is 97.8 Å². The van der Waals surface area contributed by atoms with Gasteiger partial charge in [-0.15, -0.1) is 11.6 Å². The standard InChI is InChI=1S/C25H25.C11H17.C3H6.2ClH.Zr/c1-14-12-24(3,4)22-8-16-7-17-9-23-19(15(2)13-25(23,5)6)11-21(17)20(16)10-18(14)22;1-5-9-6-7-10(8-9)11(2,3)4;1-3-2;;;/h8-12H,7H2,1-6H3;6-8H,5H2,1-4H3;1-2H3;2*1H;/q2*-1;;;;+2/p-2. The summed E-state index contributed by atoms with van der Waals surface area (Å²) in [6.45, 7) is 26.9. The molecule has 0 N–H and O–H groups in total. The molecule has 0 fully saturated rings. The van der Waals surface area contributed by atoms with Crippen LogP contribution in [0.5, 0.6) is 0 Å². The number of halogens is 2. The molecule has 0 aromatic heterocycles. The zero-order chi connectivity index (χ0) is 29.8. The molecule has 3 aromatic rings. The van der Waals surface area contributed by atoms with E-state index in [0.717, 1.165) is 12.8 Å². The fourth-order valence-electron chi connectivity index (χ4n) is 6.45. The third-order valence-electron chi connectivity index (χ3n) is 8.52. The van der Waals surface area contributed by atoms with Crippen molar-refractivity contribution >= 4 is 14.4 Å². The van der Waals surface area contributed by atoms with Crippen LogP contribution in [-0.2, 0) is 53.3 Å². The third kappa shape index (κ3) is 7.45. The Morgan fingerprint density at radius 2 is 1.38 bits per heavy atom. The predicted molar refractivity (Wildman–Crippen MR) is 173 cm³/mol. The molecule has 3 aliphatic rings. The Bertz CT molecular complexity index is 1450. The first-order chi connectivity index (χ1) is 18.4. The molecule has 3 heteroatoms. The maximum Gasteiger partial charge on any atom is -1.00 e. The van der Waals surface area contributed by atoms with Crippen LogP contribution in [0.25, 0.3) is 22.3 Å². The fourth-order valence-corrected chi connectivity index (χ4v) is 6.45. The van der Waals surface area contributed by atoms with Gasteiger partial charge in [0.2, 0.25) is 0 Å². The van der Waals surface area contributed by atoms with E-state index in [0.29, 0.717) is 5.41 Å². The minimum atomic E-state index is 0. The summed E-state index contributed by atoms with van der Waals surface area (Å²) in [4.78, 5) is 0. The van der Waals surface area contributed by atoms with Crippen molar-refractivity contribution in [2.45, 2.75) is 112 Å². The van der Waals surface area contributed by atoms with E-state index in [9.17, 15) is 0 Å². The molecule has 42 heavy (non-hydrogen) atoms. The zero-order valence-electron chi connectivity index (χ0n) is 27.8. The van der Waals surface area contributed by atoms with Crippen LogP contribution in [0.2, 0.25) is 0 Å². The van der Waals surface area contributed by atoms with Crippen molar-refractivity contribution in [1.82, 2.24) is 0 Å². The second kappa shape index (κ2) is 13.3. The van der Waals surface area contributed by atoms with Crippen molar-refractivity contribution < 1.29 is 49.0 Å². The SMILES string of the molecule is CC1=[C-]C(C)(C)c2cc3c(cc21)-c1cc2c(cc1C3)C(C)(C)C=C2C.CCc1cc(C(C)(C)C)c[cH-]1.C[C](C)=[Zr+2].[Cl-].[Cl-]. The van der Waals surface area contributed by atoms with Crippen molar-refractivity contribution in [3.8, 4) is 11.1 Å². The summed E-state index contributed by atoms with van der Waals surface area (Å²) in [5.41, 5.74) is 17.8. The molecule has 0 spiro atoms. The van der Waals surface area contributed by atoms with Crippen LogP contribution in [0.1, 0.15) is 128 Å². The van der Waals surface area contributed by atoms with Crippen LogP contribution in [0.3, 0.4) is 0 Å². The van der Waals surface area contributed by atoms with E-state index in [1.807, 2.05) is 0 Å². The van der Waals surface area contributed by atoms with Crippen molar-refractivity contribution in [2.24, 2.45) is 0 Å². The van der Waals surface area contributed by atoms with Crippen molar-refractivity contribution in [1.29, 1.82) is 0 Å². The first kappa shape index (κ1) is 36.8. The van der Waals surface area contributed by atoms with Gasteiger partial charge in [-0.25, -0.2) is 11.6 Å². The Morgan fingerprint density at radius 1 is 0.857 bits per heavy atom. The average molecular weight is 679 g/mol. The Kier molecular flexibility index (Phi) is 11.7. The number of allylic oxidation sites excluding steroid dienone is 4. The number of benzene rings is 2. The summed E-state index contributed by atoms with van der Waals surface area (Å²) in [5.74, 6) is 0. The van der Waals surface area contributed by atoms with Gasteiger partial charge >= 0.3 is 41.3 Å². The molecule has 224 valence electrons. The molecular formula is C39H48Cl2Zr-2. The molecule has 3 aliphatic carbocycles. The summed E-state index contributed by atoms with van der Waals surface area (Å²) in [6, 6.07) is 16.6. The van der Waals surface area contributed by atoms with Crippen LogP contribution in [0.4, 0.5) is 0 Å². The first-order valence-corrected chi connectivity index (χ1v) is 16.1. The molecule has 0 bridgehead atoms. The largest absolute Gasteiger partial charge is 1.00 e. The second-order valence-electron chi connectivity index (χ2n) is 14.3.